The summed E-state index contributed by atoms with van der Waals surface area (Å²) < 4.78 is 11.8. The van der Waals surface area contributed by atoms with Crippen LogP contribution in [0.5, 0.6) is 11.5 Å². The van der Waals surface area contributed by atoms with Crippen LogP contribution in [0, 0.1) is 0 Å². The Morgan fingerprint density at radius 2 is 2.04 bits per heavy atom. The van der Waals surface area contributed by atoms with E-state index < -0.39 is 0 Å². The van der Waals surface area contributed by atoms with Gasteiger partial charge in [0.25, 0.3) is 0 Å². The molecule has 0 fully saturated rings. The molecule has 1 aliphatic rings. The number of methoxy groups -OCH3 is 1. The second-order valence-corrected chi connectivity index (χ2v) is 6.84. The van der Waals surface area contributed by atoms with Crippen LogP contribution in [0.25, 0.3) is 6.08 Å². The lowest BCUT2D eigenvalue weighted by molar-refractivity contribution is 0.104. The molecule has 0 atom stereocenters. The summed E-state index contributed by atoms with van der Waals surface area (Å²) in [6.07, 6.45) is 1.89. The first-order valence-electron chi connectivity index (χ1n) is 7.17. The number of hydrogen-bond acceptors (Lipinski definition) is 4. The molecule has 118 valence electrons. The fourth-order valence-electron chi connectivity index (χ4n) is 2.42. The van der Waals surface area contributed by atoms with Crippen LogP contribution in [0.3, 0.4) is 0 Å². The Morgan fingerprint density at radius 3 is 2.74 bits per heavy atom. The number of rotatable bonds is 4. The standard InChI is InChI=1S/C18H15BrO3S/c1-3-22-14-9-11(8-13(19)18(14)21-2)10-16-17(20)12-6-4-5-7-15(12)23-16/h4-10H,3H2,1-2H3/b16-10-. The van der Waals surface area contributed by atoms with Crippen molar-refractivity contribution in [3.8, 4) is 11.5 Å². The number of ketones is 1. The van der Waals surface area contributed by atoms with Crippen LogP contribution in [0.1, 0.15) is 22.8 Å². The van der Waals surface area contributed by atoms with Crippen LogP contribution < -0.4 is 9.47 Å². The molecule has 1 aliphatic heterocycles. The quantitative estimate of drug-likeness (QED) is 0.673. The van der Waals surface area contributed by atoms with E-state index in [0.717, 1.165) is 20.5 Å². The molecule has 0 aliphatic carbocycles. The molecule has 0 amide bonds. The Kier molecular flexibility index (Phi) is 4.78. The molecule has 3 rings (SSSR count). The topological polar surface area (TPSA) is 35.5 Å². The van der Waals surface area contributed by atoms with Gasteiger partial charge in [0.1, 0.15) is 0 Å². The smallest absolute Gasteiger partial charge is 0.200 e. The van der Waals surface area contributed by atoms with Gasteiger partial charge in [0.05, 0.1) is 23.1 Å². The lowest BCUT2D eigenvalue weighted by atomic mass is 10.1. The van der Waals surface area contributed by atoms with Crippen LogP contribution in [0.4, 0.5) is 0 Å². The van der Waals surface area contributed by atoms with Gasteiger partial charge in [-0.3, -0.25) is 4.79 Å². The first-order valence-corrected chi connectivity index (χ1v) is 8.78. The minimum atomic E-state index is 0.0653. The van der Waals surface area contributed by atoms with E-state index in [0.29, 0.717) is 23.0 Å². The molecule has 1 heterocycles. The Bertz CT molecular complexity index is 799. The van der Waals surface area contributed by atoms with E-state index in [1.165, 1.54) is 11.8 Å². The van der Waals surface area contributed by atoms with E-state index in [-0.39, 0.29) is 5.78 Å². The molecule has 0 radical (unpaired) electrons. The Hall–Kier alpha value is -1.72. The predicted octanol–water partition coefficient (Wildman–Crippen LogP) is 5.19. The molecular formula is C18H15BrO3S. The van der Waals surface area contributed by atoms with Gasteiger partial charge < -0.3 is 9.47 Å². The van der Waals surface area contributed by atoms with Crippen molar-refractivity contribution in [3.05, 3.63) is 56.9 Å². The Morgan fingerprint density at radius 1 is 1.26 bits per heavy atom. The summed E-state index contributed by atoms with van der Waals surface area (Å²) >= 11 is 4.99. The zero-order valence-corrected chi connectivity index (χ0v) is 15.2. The van der Waals surface area contributed by atoms with Crippen LogP contribution in [-0.2, 0) is 0 Å². The summed E-state index contributed by atoms with van der Waals surface area (Å²) in [6, 6.07) is 11.5. The third kappa shape index (κ3) is 3.16. The zero-order chi connectivity index (χ0) is 16.4. The summed E-state index contributed by atoms with van der Waals surface area (Å²) in [7, 11) is 1.60. The van der Waals surface area contributed by atoms with Gasteiger partial charge in [-0.2, -0.15) is 0 Å². The molecular weight excluding hydrogens is 376 g/mol. The lowest BCUT2D eigenvalue weighted by Gasteiger charge is -2.12. The highest BCUT2D eigenvalue weighted by Gasteiger charge is 2.25. The maximum atomic E-state index is 12.5. The molecule has 5 heteroatoms. The predicted molar refractivity (Wildman–Crippen MR) is 96.5 cm³/mol. The molecule has 3 nitrogen and oxygen atoms in total. The average Bonchev–Trinajstić information content (AvgIpc) is 2.84. The van der Waals surface area contributed by atoms with Crippen LogP contribution in [0.15, 0.2) is 50.7 Å². The Balaban J connectivity index is 1.99. The fraction of sp³-hybridized carbons (Fsp3) is 0.167. The summed E-state index contributed by atoms with van der Waals surface area (Å²) in [5.41, 5.74) is 1.66. The van der Waals surface area contributed by atoms with E-state index in [1.54, 1.807) is 7.11 Å². The summed E-state index contributed by atoms with van der Waals surface area (Å²) in [6.45, 7) is 2.47. The SMILES string of the molecule is CCOc1cc(/C=C2\Sc3ccccc3C2=O)cc(Br)c1OC. The maximum Gasteiger partial charge on any atom is 0.200 e. The minimum Gasteiger partial charge on any atom is -0.492 e. The number of Topliss-reactive ketones (excluding diaryl/α,β-unsaturated/α-hetero) is 1. The number of hydrogen-bond donors (Lipinski definition) is 0. The lowest BCUT2D eigenvalue weighted by Crippen LogP contribution is -1.97. The van der Waals surface area contributed by atoms with E-state index in [9.17, 15) is 4.79 Å². The summed E-state index contributed by atoms with van der Waals surface area (Å²) in [5, 5.41) is 0. The first kappa shape index (κ1) is 16.1. The van der Waals surface area contributed by atoms with E-state index >= 15 is 0 Å². The molecule has 23 heavy (non-hydrogen) atoms. The average molecular weight is 391 g/mol. The van der Waals surface area contributed by atoms with Crippen molar-refractivity contribution in [3.63, 3.8) is 0 Å². The van der Waals surface area contributed by atoms with Gasteiger partial charge in [0, 0.05) is 10.5 Å². The molecule has 0 N–H and O–H groups in total. The van der Waals surface area contributed by atoms with Crippen molar-refractivity contribution >= 4 is 39.6 Å². The van der Waals surface area contributed by atoms with Crippen molar-refractivity contribution in [2.24, 2.45) is 0 Å². The number of carbonyl (C=O) groups is 1. The van der Waals surface area contributed by atoms with Gasteiger partial charge in [-0.15, -0.1) is 0 Å². The van der Waals surface area contributed by atoms with Gasteiger partial charge in [0.15, 0.2) is 11.5 Å². The van der Waals surface area contributed by atoms with Crippen LogP contribution in [0.2, 0.25) is 0 Å². The van der Waals surface area contributed by atoms with Gasteiger partial charge in [-0.05, 0) is 58.8 Å². The van der Waals surface area contributed by atoms with Crippen LogP contribution in [-0.4, -0.2) is 19.5 Å². The van der Waals surface area contributed by atoms with E-state index in [2.05, 4.69) is 15.9 Å². The van der Waals surface area contributed by atoms with Crippen molar-refractivity contribution < 1.29 is 14.3 Å². The molecule has 0 aromatic heterocycles. The Labute approximate surface area is 147 Å². The summed E-state index contributed by atoms with van der Waals surface area (Å²) in [4.78, 5) is 14.2. The van der Waals surface area contributed by atoms with Gasteiger partial charge in [0.2, 0.25) is 5.78 Å². The second-order valence-electron chi connectivity index (χ2n) is 4.90. The maximum absolute atomic E-state index is 12.5. The number of carbonyl (C=O) groups excluding carboxylic acids is 1. The summed E-state index contributed by atoms with van der Waals surface area (Å²) in [5.74, 6) is 1.38. The molecule has 0 bridgehead atoms. The van der Waals surface area contributed by atoms with Gasteiger partial charge in [-0.1, -0.05) is 23.9 Å². The van der Waals surface area contributed by atoms with E-state index in [4.69, 9.17) is 9.47 Å². The van der Waals surface area contributed by atoms with Crippen molar-refractivity contribution in [2.45, 2.75) is 11.8 Å². The number of fused-ring (bicyclic) bond motifs is 1. The van der Waals surface area contributed by atoms with Crippen molar-refractivity contribution in [2.75, 3.05) is 13.7 Å². The normalized spacial score (nSPS) is 14.9. The largest absolute Gasteiger partial charge is 0.492 e. The minimum absolute atomic E-state index is 0.0653. The highest BCUT2D eigenvalue weighted by Crippen LogP contribution is 2.42. The number of allylic oxidation sites excluding steroid dienone is 1. The third-order valence-electron chi connectivity index (χ3n) is 3.41. The molecule has 2 aromatic rings. The van der Waals surface area contributed by atoms with Crippen LogP contribution >= 0.6 is 27.7 Å². The van der Waals surface area contributed by atoms with Crippen molar-refractivity contribution in [1.82, 2.24) is 0 Å². The first-order chi connectivity index (χ1) is 11.1. The number of benzene rings is 2. The monoisotopic (exact) mass is 390 g/mol. The number of halogens is 1. The molecule has 2 aromatic carbocycles. The molecule has 0 saturated heterocycles. The van der Waals surface area contributed by atoms with E-state index in [1.807, 2.05) is 49.4 Å². The molecule has 0 spiro atoms. The van der Waals surface area contributed by atoms with Gasteiger partial charge in [-0.25, -0.2) is 0 Å². The molecule has 0 unspecified atom stereocenters. The highest BCUT2D eigenvalue weighted by molar-refractivity contribution is 9.10. The second kappa shape index (κ2) is 6.81. The highest BCUT2D eigenvalue weighted by atomic mass is 79.9. The number of thioether (sulfide) groups is 1. The van der Waals surface area contributed by atoms with Gasteiger partial charge >= 0.3 is 0 Å². The number of ether oxygens (including phenoxy) is 2. The third-order valence-corrected chi connectivity index (χ3v) is 5.10. The fourth-order valence-corrected chi connectivity index (χ4v) is 4.09. The zero-order valence-electron chi connectivity index (χ0n) is 12.8. The molecule has 0 saturated carbocycles. The van der Waals surface area contributed by atoms with Crippen molar-refractivity contribution in [1.29, 1.82) is 0 Å².